The number of carbonyl (C=O) groups excluding carboxylic acids is 2. The van der Waals surface area contributed by atoms with Crippen LogP contribution in [0.3, 0.4) is 0 Å². The Morgan fingerprint density at radius 2 is 1.86 bits per heavy atom. The van der Waals surface area contributed by atoms with Gasteiger partial charge in [-0.1, -0.05) is 24.8 Å². The van der Waals surface area contributed by atoms with Crippen LogP contribution in [0, 0.1) is 0 Å². The molecule has 2 rings (SSSR count). The van der Waals surface area contributed by atoms with E-state index in [4.69, 9.17) is 0 Å². The summed E-state index contributed by atoms with van der Waals surface area (Å²) in [6.45, 7) is 3.66. The number of urea groups is 1. The lowest BCUT2D eigenvalue weighted by atomic mass is 10.1. The van der Waals surface area contributed by atoms with Crippen molar-refractivity contribution in [1.82, 2.24) is 15.3 Å². The zero-order valence-electron chi connectivity index (χ0n) is 12.0. The lowest BCUT2D eigenvalue weighted by Gasteiger charge is -2.07. The number of anilines is 2. The van der Waals surface area contributed by atoms with Gasteiger partial charge in [-0.25, -0.2) is 9.78 Å². The van der Waals surface area contributed by atoms with Crippen LogP contribution < -0.4 is 16.0 Å². The molecule has 0 bridgehead atoms. The van der Waals surface area contributed by atoms with E-state index in [0.29, 0.717) is 11.4 Å². The predicted molar refractivity (Wildman–Crippen MR) is 84.6 cm³/mol. The minimum Gasteiger partial charge on any atom is -0.341 e. The Kier molecular flexibility index (Phi) is 4.81. The average molecular weight is 297 g/mol. The third kappa shape index (κ3) is 3.89. The van der Waals surface area contributed by atoms with Gasteiger partial charge in [0.05, 0.1) is 0 Å². The fourth-order valence-electron chi connectivity index (χ4n) is 1.61. The zero-order valence-corrected chi connectivity index (χ0v) is 12.0. The lowest BCUT2D eigenvalue weighted by Crippen LogP contribution is -2.25. The van der Waals surface area contributed by atoms with Gasteiger partial charge in [0.25, 0.3) is 5.91 Å². The molecule has 1 aromatic heterocycles. The van der Waals surface area contributed by atoms with Crippen molar-refractivity contribution in [2.75, 3.05) is 17.7 Å². The fraction of sp³-hybridized carbons (Fsp3) is 0.0667. The maximum atomic E-state index is 12.1. The summed E-state index contributed by atoms with van der Waals surface area (Å²) in [6, 6.07) is 8.06. The molecule has 2 aromatic rings. The summed E-state index contributed by atoms with van der Waals surface area (Å²) in [6.07, 6.45) is 3.14. The Bertz CT molecular complexity index is 697. The van der Waals surface area contributed by atoms with Crippen LogP contribution in [0.5, 0.6) is 0 Å². The molecule has 0 radical (unpaired) electrons. The second-order valence-corrected chi connectivity index (χ2v) is 4.25. The summed E-state index contributed by atoms with van der Waals surface area (Å²) < 4.78 is 0. The van der Waals surface area contributed by atoms with Crippen LogP contribution in [-0.2, 0) is 0 Å². The van der Waals surface area contributed by atoms with Crippen molar-refractivity contribution in [2.24, 2.45) is 0 Å². The molecule has 0 fully saturated rings. The second kappa shape index (κ2) is 6.98. The Morgan fingerprint density at radius 1 is 1.14 bits per heavy atom. The highest BCUT2D eigenvalue weighted by atomic mass is 16.2. The van der Waals surface area contributed by atoms with Crippen molar-refractivity contribution in [3.8, 4) is 0 Å². The number of hydrogen-bond donors (Lipinski definition) is 3. The topological polar surface area (TPSA) is 96.0 Å². The van der Waals surface area contributed by atoms with E-state index in [0.717, 1.165) is 5.56 Å². The highest BCUT2D eigenvalue weighted by Gasteiger charge is 2.08. The number of amides is 3. The number of hydrogen-bond acceptors (Lipinski definition) is 4. The molecule has 0 aliphatic heterocycles. The Hall–Kier alpha value is -3.22. The van der Waals surface area contributed by atoms with Crippen LogP contribution in [0.25, 0.3) is 6.08 Å². The first-order valence-electron chi connectivity index (χ1n) is 6.48. The van der Waals surface area contributed by atoms with E-state index in [1.54, 1.807) is 30.3 Å². The summed E-state index contributed by atoms with van der Waals surface area (Å²) >= 11 is 0. The van der Waals surface area contributed by atoms with Gasteiger partial charge in [0.15, 0.2) is 0 Å². The van der Waals surface area contributed by atoms with Crippen molar-refractivity contribution in [3.05, 3.63) is 54.2 Å². The van der Waals surface area contributed by atoms with Crippen LogP contribution in [0.15, 0.2) is 43.1 Å². The maximum absolute atomic E-state index is 12.1. The van der Waals surface area contributed by atoms with Crippen LogP contribution >= 0.6 is 0 Å². The van der Waals surface area contributed by atoms with Crippen molar-refractivity contribution in [3.63, 3.8) is 0 Å². The molecular weight excluding hydrogens is 282 g/mol. The molecule has 3 N–H and O–H groups in total. The lowest BCUT2D eigenvalue weighted by molar-refractivity contribution is 0.102. The van der Waals surface area contributed by atoms with E-state index in [2.05, 4.69) is 32.5 Å². The van der Waals surface area contributed by atoms with Gasteiger partial charge in [-0.05, 0) is 23.8 Å². The molecule has 7 heteroatoms. The van der Waals surface area contributed by atoms with E-state index in [-0.39, 0.29) is 11.9 Å². The molecule has 112 valence electrons. The smallest absolute Gasteiger partial charge is 0.321 e. The Labute approximate surface area is 127 Å². The third-order valence-electron chi connectivity index (χ3n) is 2.76. The summed E-state index contributed by atoms with van der Waals surface area (Å²) in [4.78, 5) is 31.2. The molecule has 0 spiro atoms. The standard InChI is InChI=1S/C15H15N5O2/c1-3-10-4-6-11(7-5-10)13(21)18-12-8-9-17-14(19-12)20-15(22)16-2/h3-9H,1H2,2H3,(H3,16,17,18,19,20,21,22). The molecule has 0 aliphatic rings. The number of nitrogens with zero attached hydrogens (tertiary/aromatic N) is 2. The molecule has 1 heterocycles. The van der Waals surface area contributed by atoms with Crippen molar-refractivity contribution >= 4 is 29.8 Å². The molecule has 3 amide bonds. The van der Waals surface area contributed by atoms with E-state index in [1.807, 2.05) is 0 Å². The van der Waals surface area contributed by atoms with E-state index < -0.39 is 6.03 Å². The molecule has 0 saturated carbocycles. The number of nitrogens with one attached hydrogen (secondary N) is 3. The first kappa shape index (κ1) is 15.2. The summed E-state index contributed by atoms with van der Waals surface area (Å²) in [5, 5.41) is 7.45. The predicted octanol–water partition coefficient (Wildman–Crippen LogP) is 2.12. The molecule has 0 aliphatic carbocycles. The number of aromatic nitrogens is 2. The number of carbonyl (C=O) groups is 2. The highest BCUT2D eigenvalue weighted by molar-refractivity contribution is 6.03. The number of rotatable bonds is 4. The number of benzene rings is 1. The highest BCUT2D eigenvalue weighted by Crippen LogP contribution is 2.10. The van der Waals surface area contributed by atoms with Gasteiger partial charge in [0, 0.05) is 18.8 Å². The second-order valence-electron chi connectivity index (χ2n) is 4.25. The van der Waals surface area contributed by atoms with Gasteiger partial charge in [0.2, 0.25) is 5.95 Å². The Morgan fingerprint density at radius 3 is 2.50 bits per heavy atom. The normalized spacial score (nSPS) is 9.68. The molecule has 0 unspecified atom stereocenters. The average Bonchev–Trinajstić information content (AvgIpc) is 2.55. The van der Waals surface area contributed by atoms with Gasteiger partial charge in [0.1, 0.15) is 5.82 Å². The van der Waals surface area contributed by atoms with Crippen LogP contribution in [0.1, 0.15) is 15.9 Å². The van der Waals surface area contributed by atoms with E-state index >= 15 is 0 Å². The van der Waals surface area contributed by atoms with Crippen molar-refractivity contribution < 1.29 is 9.59 Å². The minimum absolute atomic E-state index is 0.0964. The van der Waals surface area contributed by atoms with Crippen LogP contribution in [-0.4, -0.2) is 29.0 Å². The Balaban J connectivity index is 2.08. The van der Waals surface area contributed by atoms with Gasteiger partial charge in [-0.3, -0.25) is 10.1 Å². The summed E-state index contributed by atoms with van der Waals surface area (Å²) in [5.41, 5.74) is 1.42. The SMILES string of the molecule is C=Cc1ccc(C(=O)Nc2ccnc(NC(=O)NC)n2)cc1. The zero-order chi connectivity index (χ0) is 15.9. The van der Waals surface area contributed by atoms with Gasteiger partial charge >= 0.3 is 6.03 Å². The van der Waals surface area contributed by atoms with Gasteiger partial charge in [-0.2, -0.15) is 4.98 Å². The molecule has 0 atom stereocenters. The summed E-state index contributed by atoms with van der Waals surface area (Å²) in [7, 11) is 1.48. The molecule has 7 nitrogen and oxygen atoms in total. The molecule has 1 aromatic carbocycles. The first-order chi connectivity index (χ1) is 10.6. The van der Waals surface area contributed by atoms with Gasteiger partial charge in [-0.15, -0.1) is 0 Å². The van der Waals surface area contributed by atoms with Crippen molar-refractivity contribution in [2.45, 2.75) is 0 Å². The fourth-order valence-corrected chi connectivity index (χ4v) is 1.61. The van der Waals surface area contributed by atoms with Gasteiger partial charge < -0.3 is 10.6 Å². The monoisotopic (exact) mass is 297 g/mol. The van der Waals surface area contributed by atoms with Crippen LogP contribution in [0.2, 0.25) is 0 Å². The van der Waals surface area contributed by atoms with E-state index in [9.17, 15) is 9.59 Å². The quantitative estimate of drug-likeness (QED) is 0.805. The molecule has 22 heavy (non-hydrogen) atoms. The largest absolute Gasteiger partial charge is 0.341 e. The van der Waals surface area contributed by atoms with E-state index in [1.165, 1.54) is 19.3 Å². The molecular formula is C15H15N5O2. The first-order valence-corrected chi connectivity index (χ1v) is 6.48. The maximum Gasteiger partial charge on any atom is 0.321 e. The summed E-state index contributed by atoms with van der Waals surface area (Å²) in [5.74, 6) is 0.0820. The minimum atomic E-state index is -0.441. The molecule has 0 saturated heterocycles. The van der Waals surface area contributed by atoms with Crippen molar-refractivity contribution in [1.29, 1.82) is 0 Å². The third-order valence-corrected chi connectivity index (χ3v) is 2.76. The van der Waals surface area contributed by atoms with Crippen LogP contribution in [0.4, 0.5) is 16.6 Å².